The first-order valence-electron chi connectivity index (χ1n) is 10.3. The van der Waals surface area contributed by atoms with Crippen LogP contribution in [0.5, 0.6) is 0 Å². The molecule has 2 saturated heterocycles. The number of amides is 1. The van der Waals surface area contributed by atoms with Gasteiger partial charge in [-0.25, -0.2) is 17.5 Å². The Balaban J connectivity index is 1.49. The van der Waals surface area contributed by atoms with Crippen LogP contribution in [0.2, 0.25) is 0 Å². The van der Waals surface area contributed by atoms with E-state index in [2.05, 4.69) is 10.00 Å². The molecule has 0 N–H and O–H groups in total. The molecule has 1 unspecified atom stereocenters. The van der Waals surface area contributed by atoms with E-state index in [4.69, 9.17) is 0 Å². The molecule has 30 heavy (non-hydrogen) atoms. The van der Waals surface area contributed by atoms with E-state index in [-0.39, 0.29) is 35.2 Å². The molecule has 1 amide bonds. The van der Waals surface area contributed by atoms with Gasteiger partial charge >= 0.3 is 0 Å². The second kappa shape index (κ2) is 8.11. The first kappa shape index (κ1) is 21.0. The highest BCUT2D eigenvalue weighted by Crippen LogP contribution is 2.25. The van der Waals surface area contributed by atoms with Gasteiger partial charge in [0, 0.05) is 32.2 Å². The van der Waals surface area contributed by atoms with Crippen molar-refractivity contribution in [1.29, 1.82) is 0 Å². The molecule has 2 aromatic rings. The quantitative estimate of drug-likeness (QED) is 0.737. The molecule has 2 aliphatic rings. The summed E-state index contributed by atoms with van der Waals surface area (Å²) >= 11 is 0. The molecule has 9 heteroatoms. The molecule has 0 aliphatic carbocycles. The van der Waals surface area contributed by atoms with Crippen molar-refractivity contribution in [1.82, 2.24) is 19.6 Å². The average molecular weight is 435 g/mol. The third-order valence-corrected chi connectivity index (χ3v) is 7.73. The van der Waals surface area contributed by atoms with Crippen LogP contribution in [-0.4, -0.2) is 77.6 Å². The van der Waals surface area contributed by atoms with Gasteiger partial charge in [-0.05, 0) is 36.6 Å². The largest absolute Gasteiger partial charge is 0.336 e. The maximum atomic E-state index is 13.3. The van der Waals surface area contributed by atoms with E-state index in [1.54, 1.807) is 23.0 Å². The smallest absolute Gasteiger partial charge is 0.257 e. The summed E-state index contributed by atoms with van der Waals surface area (Å²) in [4.78, 5) is 17.3. The topological polar surface area (TPSA) is 75.5 Å². The Bertz CT molecular complexity index is 1030. The van der Waals surface area contributed by atoms with Crippen LogP contribution in [0.3, 0.4) is 0 Å². The normalized spacial score (nSPS) is 22.0. The van der Waals surface area contributed by atoms with Gasteiger partial charge in [-0.3, -0.25) is 9.69 Å². The number of piperazine rings is 1. The fourth-order valence-corrected chi connectivity index (χ4v) is 6.15. The Hall–Kier alpha value is -2.26. The van der Waals surface area contributed by atoms with Crippen LogP contribution in [0.4, 0.5) is 4.39 Å². The van der Waals surface area contributed by atoms with Gasteiger partial charge < -0.3 is 4.90 Å². The Labute approximate surface area is 176 Å². The molecule has 2 fully saturated rings. The zero-order chi connectivity index (χ0) is 21.5. The van der Waals surface area contributed by atoms with Crippen molar-refractivity contribution < 1.29 is 17.6 Å². The Morgan fingerprint density at radius 2 is 1.80 bits per heavy atom. The van der Waals surface area contributed by atoms with E-state index in [0.717, 1.165) is 5.69 Å². The highest BCUT2D eigenvalue weighted by molar-refractivity contribution is 7.91. The summed E-state index contributed by atoms with van der Waals surface area (Å²) < 4.78 is 38.5. The van der Waals surface area contributed by atoms with Gasteiger partial charge in [0.25, 0.3) is 5.91 Å². The van der Waals surface area contributed by atoms with E-state index in [1.807, 2.05) is 18.7 Å². The zero-order valence-electron chi connectivity index (χ0n) is 17.3. The highest BCUT2D eigenvalue weighted by Gasteiger charge is 2.35. The van der Waals surface area contributed by atoms with Gasteiger partial charge in [-0.15, -0.1) is 0 Å². The Morgan fingerprint density at radius 1 is 1.13 bits per heavy atom. The van der Waals surface area contributed by atoms with Crippen LogP contribution in [0.1, 0.15) is 42.2 Å². The number of carbonyl (C=O) groups excluding carboxylic acids is 1. The summed E-state index contributed by atoms with van der Waals surface area (Å²) in [5.74, 6) is 0.161. The molecular formula is C21H27FN4O3S. The van der Waals surface area contributed by atoms with Gasteiger partial charge in [0.1, 0.15) is 5.82 Å². The molecular weight excluding hydrogens is 407 g/mol. The lowest BCUT2D eigenvalue weighted by Gasteiger charge is -2.37. The molecule has 1 aromatic carbocycles. The summed E-state index contributed by atoms with van der Waals surface area (Å²) in [7, 11) is -2.92. The minimum Gasteiger partial charge on any atom is -0.336 e. The second-order valence-electron chi connectivity index (χ2n) is 8.37. The average Bonchev–Trinajstić information content (AvgIpc) is 3.32. The summed E-state index contributed by atoms with van der Waals surface area (Å²) in [6.07, 6.45) is 2.27. The van der Waals surface area contributed by atoms with Gasteiger partial charge in [0.05, 0.1) is 34.6 Å². The second-order valence-corrected chi connectivity index (χ2v) is 10.6. The number of sulfone groups is 1. The fourth-order valence-electron chi connectivity index (χ4n) is 4.39. The first-order chi connectivity index (χ1) is 14.2. The highest BCUT2D eigenvalue weighted by atomic mass is 32.2. The van der Waals surface area contributed by atoms with E-state index < -0.39 is 9.84 Å². The van der Waals surface area contributed by atoms with Crippen LogP contribution in [0, 0.1) is 5.82 Å². The third kappa shape index (κ3) is 4.13. The SMILES string of the molecule is CC(C)c1c(C(=O)N2CCN(C3CCS(=O)(=O)C3)CC2)cnn1-c1ccc(F)cc1. The molecule has 0 bridgehead atoms. The summed E-state index contributed by atoms with van der Waals surface area (Å²) in [5, 5.41) is 4.42. The van der Waals surface area contributed by atoms with E-state index >= 15 is 0 Å². The molecule has 0 radical (unpaired) electrons. The van der Waals surface area contributed by atoms with Gasteiger partial charge in [-0.2, -0.15) is 5.10 Å². The number of hydrogen-bond donors (Lipinski definition) is 0. The molecule has 0 saturated carbocycles. The van der Waals surface area contributed by atoms with E-state index in [9.17, 15) is 17.6 Å². The first-order valence-corrected chi connectivity index (χ1v) is 12.1. The third-order valence-electron chi connectivity index (χ3n) is 5.98. The maximum absolute atomic E-state index is 13.3. The van der Waals surface area contributed by atoms with Crippen LogP contribution in [0.15, 0.2) is 30.5 Å². The lowest BCUT2D eigenvalue weighted by Crippen LogP contribution is -2.52. The molecule has 1 aromatic heterocycles. The molecule has 2 aliphatic heterocycles. The van der Waals surface area contributed by atoms with Crippen molar-refractivity contribution >= 4 is 15.7 Å². The summed E-state index contributed by atoms with van der Waals surface area (Å²) in [5.41, 5.74) is 2.08. The van der Waals surface area contributed by atoms with Crippen molar-refractivity contribution in [2.45, 2.75) is 32.2 Å². The lowest BCUT2D eigenvalue weighted by molar-refractivity contribution is 0.0586. The van der Waals surface area contributed by atoms with Crippen LogP contribution >= 0.6 is 0 Å². The van der Waals surface area contributed by atoms with Crippen LogP contribution in [0.25, 0.3) is 5.69 Å². The number of benzene rings is 1. The van der Waals surface area contributed by atoms with Crippen LogP contribution < -0.4 is 0 Å². The predicted octanol–water partition coefficient (Wildman–Crippen LogP) is 2.08. The van der Waals surface area contributed by atoms with Crippen molar-refractivity contribution in [3.8, 4) is 5.69 Å². The number of halogens is 1. The molecule has 7 nitrogen and oxygen atoms in total. The number of hydrogen-bond acceptors (Lipinski definition) is 5. The molecule has 1 atom stereocenters. The van der Waals surface area contributed by atoms with Crippen molar-refractivity contribution in [2.75, 3.05) is 37.7 Å². The van der Waals surface area contributed by atoms with Gasteiger partial charge in [-0.1, -0.05) is 13.8 Å². The Morgan fingerprint density at radius 3 is 2.37 bits per heavy atom. The summed E-state index contributed by atoms with van der Waals surface area (Å²) in [6.45, 7) is 6.49. The minimum absolute atomic E-state index is 0.0569. The van der Waals surface area contributed by atoms with Crippen molar-refractivity contribution in [3.63, 3.8) is 0 Å². The molecule has 0 spiro atoms. The zero-order valence-corrected chi connectivity index (χ0v) is 18.1. The van der Waals surface area contributed by atoms with E-state index in [0.29, 0.717) is 43.9 Å². The molecule has 162 valence electrons. The lowest BCUT2D eigenvalue weighted by atomic mass is 10.0. The number of aromatic nitrogens is 2. The monoisotopic (exact) mass is 434 g/mol. The van der Waals surface area contributed by atoms with Crippen molar-refractivity contribution in [2.24, 2.45) is 0 Å². The molecule has 3 heterocycles. The number of nitrogens with zero attached hydrogens (tertiary/aromatic N) is 4. The van der Waals surface area contributed by atoms with Gasteiger partial charge in [0.15, 0.2) is 9.84 Å². The number of rotatable bonds is 4. The minimum atomic E-state index is -2.92. The van der Waals surface area contributed by atoms with E-state index in [1.165, 1.54) is 12.1 Å². The maximum Gasteiger partial charge on any atom is 0.257 e. The molecule has 4 rings (SSSR count). The fraction of sp³-hybridized carbons (Fsp3) is 0.524. The van der Waals surface area contributed by atoms with Crippen LogP contribution in [-0.2, 0) is 9.84 Å². The predicted molar refractivity (Wildman–Crippen MR) is 112 cm³/mol. The summed E-state index contributed by atoms with van der Waals surface area (Å²) in [6, 6.07) is 6.13. The van der Waals surface area contributed by atoms with Gasteiger partial charge in [0.2, 0.25) is 0 Å². The Kier molecular flexibility index (Phi) is 5.67. The standard InChI is InChI=1S/C21H27FN4O3S/c1-15(2)20-19(13-23-26(20)17-5-3-16(22)4-6-17)21(27)25-10-8-24(9-11-25)18-7-12-30(28,29)14-18/h3-6,13,15,18H,7-12,14H2,1-2H3. The number of carbonyl (C=O) groups is 1. The van der Waals surface area contributed by atoms with Crippen molar-refractivity contribution in [3.05, 3.63) is 47.5 Å².